The number of ether oxygens (including phenoxy) is 1. The Morgan fingerprint density at radius 2 is 2.08 bits per heavy atom. The van der Waals surface area contributed by atoms with Gasteiger partial charge in [0.1, 0.15) is 5.65 Å². The second kappa shape index (κ2) is 7.17. The van der Waals surface area contributed by atoms with Crippen molar-refractivity contribution in [2.24, 2.45) is 11.7 Å². The van der Waals surface area contributed by atoms with Gasteiger partial charge in [-0.15, -0.1) is 0 Å². The molecular weight excluding hydrogens is 316 g/mol. The summed E-state index contributed by atoms with van der Waals surface area (Å²) in [5.74, 6) is 0.575. The molecule has 3 N–H and O–H groups in total. The summed E-state index contributed by atoms with van der Waals surface area (Å²) >= 11 is 0. The fourth-order valence-electron chi connectivity index (χ4n) is 2.38. The Morgan fingerprint density at radius 3 is 2.76 bits per heavy atom. The molecule has 0 bridgehead atoms. The molecule has 3 rings (SSSR count). The predicted molar refractivity (Wildman–Crippen MR) is 97.9 cm³/mol. The molecule has 0 aliphatic rings. The van der Waals surface area contributed by atoms with Gasteiger partial charge in [-0.05, 0) is 24.1 Å². The van der Waals surface area contributed by atoms with Crippen LogP contribution >= 0.6 is 0 Å². The Kier molecular flexibility index (Phi) is 4.79. The minimum absolute atomic E-state index is 0.452. The van der Waals surface area contributed by atoms with Crippen molar-refractivity contribution in [3.05, 3.63) is 48.4 Å². The van der Waals surface area contributed by atoms with Gasteiger partial charge in [0.05, 0.1) is 6.61 Å². The van der Waals surface area contributed by atoms with E-state index in [1.807, 2.05) is 18.2 Å². The average molecular weight is 336 g/mol. The average Bonchev–Trinajstić information content (AvgIpc) is 3.01. The van der Waals surface area contributed by atoms with E-state index in [1.54, 1.807) is 24.7 Å². The standard InChI is InChI=1S/C19H20N4O2/c1-12(2)11-25-18-6-4-13(8-21-18)15-7-16-14(3-5-17(20)24)9-22-19(16)23-10-15/h3-10,12H,11H2,1-2H3,(H2,20,24)(H,22,23). The van der Waals surface area contributed by atoms with Gasteiger partial charge >= 0.3 is 0 Å². The molecule has 0 fully saturated rings. The Bertz CT molecular complexity index is 911. The molecule has 6 nitrogen and oxygen atoms in total. The highest BCUT2D eigenvalue weighted by Gasteiger charge is 2.07. The number of carbonyl (C=O) groups excluding carboxylic acids is 1. The molecule has 0 saturated carbocycles. The SMILES string of the molecule is CC(C)COc1ccc(-c2cnc3[nH]cc(C=CC(N)=O)c3c2)cn1. The van der Waals surface area contributed by atoms with Gasteiger partial charge in [-0.25, -0.2) is 9.97 Å². The third-order valence-corrected chi connectivity index (χ3v) is 3.62. The lowest BCUT2D eigenvalue weighted by atomic mass is 10.1. The lowest BCUT2D eigenvalue weighted by molar-refractivity contribution is -0.113. The lowest BCUT2D eigenvalue weighted by Gasteiger charge is -2.08. The molecule has 0 aromatic carbocycles. The van der Waals surface area contributed by atoms with Crippen LogP contribution in [0.1, 0.15) is 19.4 Å². The molecule has 0 aliphatic heterocycles. The second-order valence-corrected chi connectivity index (χ2v) is 6.19. The first-order chi connectivity index (χ1) is 12.0. The smallest absolute Gasteiger partial charge is 0.241 e. The van der Waals surface area contributed by atoms with Crippen LogP contribution in [0.15, 0.2) is 42.9 Å². The number of hydrogen-bond donors (Lipinski definition) is 2. The largest absolute Gasteiger partial charge is 0.477 e. The number of nitrogens with two attached hydrogens (primary N) is 1. The summed E-state index contributed by atoms with van der Waals surface area (Å²) in [6.07, 6.45) is 8.35. The van der Waals surface area contributed by atoms with Crippen LogP contribution in [0.3, 0.4) is 0 Å². The third-order valence-electron chi connectivity index (χ3n) is 3.62. The Labute approximate surface area is 145 Å². The van der Waals surface area contributed by atoms with E-state index in [0.29, 0.717) is 18.4 Å². The maximum Gasteiger partial charge on any atom is 0.241 e. The number of aromatic nitrogens is 3. The number of rotatable bonds is 6. The molecule has 0 radical (unpaired) electrons. The molecule has 1 amide bonds. The normalized spacial score (nSPS) is 11.5. The highest BCUT2D eigenvalue weighted by atomic mass is 16.5. The summed E-state index contributed by atoms with van der Waals surface area (Å²) in [6, 6.07) is 5.81. The molecule has 0 saturated heterocycles. The van der Waals surface area contributed by atoms with Crippen LogP contribution in [-0.2, 0) is 4.79 Å². The van der Waals surface area contributed by atoms with Crippen LogP contribution < -0.4 is 10.5 Å². The highest BCUT2D eigenvalue weighted by Crippen LogP contribution is 2.26. The first kappa shape index (κ1) is 16.7. The van der Waals surface area contributed by atoms with E-state index in [4.69, 9.17) is 10.5 Å². The van der Waals surface area contributed by atoms with Gasteiger partial charge in [0.15, 0.2) is 0 Å². The molecule has 0 spiro atoms. The first-order valence-electron chi connectivity index (χ1n) is 8.07. The molecule has 0 atom stereocenters. The maximum absolute atomic E-state index is 10.9. The van der Waals surface area contributed by atoms with E-state index >= 15 is 0 Å². The van der Waals surface area contributed by atoms with Crippen LogP contribution in [0.25, 0.3) is 28.2 Å². The van der Waals surface area contributed by atoms with Crippen LogP contribution in [0.5, 0.6) is 5.88 Å². The molecule has 6 heteroatoms. The Hall–Kier alpha value is -3.15. The van der Waals surface area contributed by atoms with Crippen molar-refractivity contribution in [2.45, 2.75) is 13.8 Å². The quantitative estimate of drug-likeness (QED) is 0.676. The number of nitrogens with zero attached hydrogens (tertiary/aromatic N) is 2. The number of nitrogens with one attached hydrogen (secondary N) is 1. The van der Waals surface area contributed by atoms with Crippen molar-refractivity contribution < 1.29 is 9.53 Å². The number of amides is 1. The zero-order valence-corrected chi connectivity index (χ0v) is 14.2. The molecule has 0 unspecified atom stereocenters. The summed E-state index contributed by atoms with van der Waals surface area (Å²) in [5, 5.41) is 0.912. The number of aromatic amines is 1. The first-order valence-corrected chi connectivity index (χ1v) is 8.07. The summed E-state index contributed by atoms with van der Waals surface area (Å²) in [5.41, 5.74) is 8.64. The molecule has 25 heavy (non-hydrogen) atoms. The third kappa shape index (κ3) is 4.03. The zero-order chi connectivity index (χ0) is 17.8. The van der Waals surface area contributed by atoms with Gasteiger partial charge in [0.25, 0.3) is 0 Å². The van der Waals surface area contributed by atoms with E-state index in [2.05, 4.69) is 28.8 Å². The summed E-state index contributed by atoms with van der Waals surface area (Å²) < 4.78 is 5.60. The number of primary amides is 1. The van der Waals surface area contributed by atoms with E-state index in [0.717, 1.165) is 27.7 Å². The summed E-state index contributed by atoms with van der Waals surface area (Å²) in [6.45, 7) is 4.82. The maximum atomic E-state index is 10.9. The fraction of sp³-hybridized carbons (Fsp3) is 0.211. The number of pyridine rings is 2. The molecule has 3 aromatic heterocycles. The molecule has 0 aliphatic carbocycles. The van der Waals surface area contributed by atoms with E-state index in [9.17, 15) is 4.79 Å². The predicted octanol–water partition coefficient (Wildman–Crippen LogP) is 3.16. The number of H-pyrrole nitrogens is 1. The van der Waals surface area contributed by atoms with Crippen molar-refractivity contribution >= 4 is 23.0 Å². The van der Waals surface area contributed by atoms with Gasteiger partial charge < -0.3 is 15.5 Å². The van der Waals surface area contributed by atoms with Crippen LogP contribution in [-0.4, -0.2) is 27.5 Å². The van der Waals surface area contributed by atoms with Gasteiger partial charge in [-0.1, -0.05) is 13.8 Å². The number of fused-ring (bicyclic) bond motifs is 1. The van der Waals surface area contributed by atoms with E-state index in [1.165, 1.54) is 6.08 Å². The fourth-order valence-corrected chi connectivity index (χ4v) is 2.38. The molecular formula is C19H20N4O2. The van der Waals surface area contributed by atoms with Crippen LogP contribution in [0.4, 0.5) is 0 Å². The Morgan fingerprint density at radius 1 is 1.28 bits per heavy atom. The van der Waals surface area contributed by atoms with Crippen molar-refractivity contribution in [3.63, 3.8) is 0 Å². The van der Waals surface area contributed by atoms with Gasteiger partial charge in [0, 0.05) is 52.8 Å². The van der Waals surface area contributed by atoms with Crippen LogP contribution in [0, 0.1) is 5.92 Å². The Balaban J connectivity index is 1.88. The summed E-state index contributed by atoms with van der Waals surface area (Å²) in [7, 11) is 0. The molecule has 3 heterocycles. The van der Waals surface area contributed by atoms with Crippen molar-refractivity contribution in [2.75, 3.05) is 6.61 Å². The second-order valence-electron chi connectivity index (χ2n) is 6.19. The van der Waals surface area contributed by atoms with Gasteiger partial charge in [0.2, 0.25) is 11.8 Å². The van der Waals surface area contributed by atoms with E-state index in [-0.39, 0.29) is 0 Å². The zero-order valence-electron chi connectivity index (χ0n) is 14.2. The summed E-state index contributed by atoms with van der Waals surface area (Å²) in [4.78, 5) is 22.8. The minimum atomic E-state index is -0.486. The van der Waals surface area contributed by atoms with Crippen molar-refractivity contribution in [3.8, 4) is 17.0 Å². The van der Waals surface area contributed by atoms with Gasteiger partial charge in [-0.2, -0.15) is 0 Å². The minimum Gasteiger partial charge on any atom is -0.477 e. The van der Waals surface area contributed by atoms with Crippen molar-refractivity contribution in [1.29, 1.82) is 0 Å². The molecule has 128 valence electrons. The van der Waals surface area contributed by atoms with Gasteiger partial charge in [-0.3, -0.25) is 4.79 Å². The number of hydrogen-bond acceptors (Lipinski definition) is 4. The number of carbonyl (C=O) groups is 1. The molecule has 3 aromatic rings. The topological polar surface area (TPSA) is 93.9 Å². The monoisotopic (exact) mass is 336 g/mol. The highest BCUT2D eigenvalue weighted by molar-refractivity contribution is 5.95. The van der Waals surface area contributed by atoms with E-state index < -0.39 is 5.91 Å². The lowest BCUT2D eigenvalue weighted by Crippen LogP contribution is -2.05. The van der Waals surface area contributed by atoms with Crippen molar-refractivity contribution in [1.82, 2.24) is 15.0 Å². The van der Waals surface area contributed by atoms with Crippen LogP contribution in [0.2, 0.25) is 0 Å².